The summed E-state index contributed by atoms with van der Waals surface area (Å²) in [4.78, 5) is 25.4. The number of aryl methyl sites for hydroxylation is 1. The minimum absolute atomic E-state index is 0.164. The van der Waals surface area contributed by atoms with E-state index in [9.17, 15) is 20.2 Å². The second kappa shape index (κ2) is 10.4. The van der Waals surface area contributed by atoms with Crippen LogP contribution in [0.5, 0.6) is 17.2 Å². The van der Waals surface area contributed by atoms with Crippen molar-refractivity contribution in [1.82, 2.24) is 0 Å². The Bertz CT molecular complexity index is 1270. The number of nitro benzene ring substituents is 2. The summed E-state index contributed by atoms with van der Waals surface area (Å²) in [6.45, 7) is 4.00. The van der Waals surface area contributed by atoms with E-state index >= 15 is 0 Å². The number of aliphatic imine (C=N–C) groups is 1. The summed E-state index contributed by atoms with van der Waals surface area (Å²) in [5.74, 6) is 0.330. The molecule has 0 aromatic heterocycles. The van der Waals surface area contributed by atoms with Crippen LogP contribution in [-0.2, 0) is 0 Å². The van der Waals surface area contributed by atoms with E-state index in [0.717, 1.165) is 17.7 Å². The first-order valence-electron chi connectivity index (χ1n) is 9.56. The van der Waals surface area contributed by atoms with E-state index in [-0.39, 0.29) is 11.5 Å². The van der Waals surface area contributed by atoms with E-state index in [1.165, 1.54) is 6.07 Å². The third-order valence-corrected chi connectivity index (χ3v) is 5.24. The van der Waals surface area contributed by atoms with Gasteiger partial charge in [0.2, 0.25) is 5.75 Å². The Kier molecular flexibility index (Phi) is 7.62. The van der Waals surface area contributed by atoms with Crippen LogP contribution < -0.4 is 9.47 Å². The van der Waals surface area contributed by atoms with Crippen molar-refractivity contribution in [3.63, 3.8) is 0 Å². The molecule has 0 unspecified atom stereocenters. The van der Waals surface area contributed by atoms with Crippen LogP contribution >= 0.6 is 27.5 Å². The van der Waals surface area contributed by atoms with Gasteiger partial charge < -0.3 is 9.47 Å². The lowest BCUT2D eigenvalue weighted by atomic mass is 10.2. The molecule has 0 N–H and O–H groups in total. The molecule has 11 heteroatoms. The largest absolute Gasteiger partial charge is 0.490 e. The highest BCUT2D eigenvalue weighted by atomic mass is 79.9. The number of non-ortho nitro benzene ring substituents is 1. The Morgan fingerprint density at radius 3 is 2.48 bits per heavy atom. The lowest BCUT2D eigenvalue weighted by Gasteiger charge is -2.14. The maximum atomic E-state index is 11.4. The number of hydrogen-bond acceptors (Lipinski definition) is 7. The zero-order valence-electron chi connectivity index (χ0n) is 17.5. The Balaban J connectivity index is 2.00. The van der Waals surface area contributed by atoms with Gasteiger partial charge in [-0.2, -0.15) is 0 Å². The highest BCUT2D eigenvalue weighted by Crippen LogP contribution is 2.43. The molecule has 0 aliphatic rings. The highest BCUT2D eigenvalue weighted by Gasteiger charge is 2.23. The zero-order valence-corrected chi connectivity index (χ0v) is 19.8. The number of rotatable bonds is 8. The van der Waals surface area contributed by atoms with E-state index in [1.807, 2.05) is 13.0 Å². The summed E-state index contributed by atoms with van der Waals surface area (Å²) < 4.78 is 11.9. The van der Waals surface area contributed by atoms with Crippen molar-refractivity contribution < 1.29 is 19.3 Å². The molecule has 0 radical (unpaired) electrons. The van der Waals surface area contributed by atoms with Crippen LogP contribution in [0.4, 0.5) is 17.1 Å². The van der Waals surface area contributed by atoms with E-state index in [1.54, 1.807) is 37.4 Å². The average Bonchev–Trinajstić information content (AvgIpc) is 2.76. The van der Waals surface area contributed by atoms with Crippen molar-refractivity contribution in [3.05, 3.63) is 89.4 Å². The maximum absolute atomic E-state index is 11.4. The van der Waals surface area contributed by atoms with Crippen LogP contribution in [-0.4, -0.2) is 22.7 Å². The summed E-state index contributed by atoms with van der Waals surface area (Å²) in [7, 11) is 0. The third-order valence-electron chi connectivity index (χ3n) is 4.42. The zero-order chi connectivity index (χ0) is 24.1. The van der Waals surface area contributed by atoms with Gasteiger partial charge in [-0.05, 0) is 71.2 Å². The molecule has 0 bridgehead atoms. The maximum Gasteiger partial charge on any atom is 0.318 e. The number of hydrogen-bond donors (Lipinski definition) is 0. The molecule has 3 aromatic rings. The number of halogens is 2. The van der Waals surface area contributed by atoms with Crippen molar-refractivity contribution in [2.75, 3.05) is 6.61 Å². The second-order valence-corrected chi connectivity index (χ2v) is 8.01. The quantitative estimate of drug-likeness (QED) is 0.172. The van der Waals surface area contributed by atoms with Gasteiger partial charge in [-0.25, -0.2) is 0 Å². The van der Waals surface area contributed by atoms with E-state index in [2.05, 4.69) is 20.9 Å². The molecule has 3 rings (SSSR count). The predicted octanol–water partition coefficient (Wildman–Crippen LogP) is 7.17. The molecule has 0 heterocycles. The monoisotopic (exact) mass is 533 g/mol. The molecular weight excluding hydrogens is 518 g/mol. The van der Waals surface area contributed by atoms with E-state index in [0.29, 0.717) is 33.1 Å². The molecule has 0 amide bonds. The second-order valence-electron chi connectivity index (χ2n) is 6.72. The van der Waals surface area contributed by atoms with Gasteiger partial charge >= 0.3 is 5.69 Å². The van der Waals surface area contributed by atoms with Gasteiger partial charge in [0.1, 0.15) is 0 Å². The molecule has 33 heavy (non-hydrogen) atoms. The van der Waals surface area contributed by atoms with Gasteiger partial charge in [-0.1, -0.05) is 17.7 Å². The lowest BCUT2D eigenvalue weighted by molar-refractivity contribution is -0.394. The lowest BCUT2D eigenvalue weighted by Crippen LogP contribution is -2.00. The van der Waals surface area contributed by atoms with Gasteiger partial charge in [0.15, 0.2) is 11.5 Å². The number of ether oxygens (including phenoxy) is 2. The molecule has 0 aliphatic carbocycles. The van der Waals surface area contributed by atoms with Crippen molar-refractivity contribution in [3.8, 4) is 17.2 Å². The van der Waals surface area contributed by atoms with Crippen molar-refractivity contribution in [1.29, 1.82) is 0 Å². The summed E-state index contributed by atoms with van der Waals surface area (Å²) in [6.07, 6.45) is 1.63. The van der Waals surface area contributed by atoms with E-state index in [4.69, 9.17) is 21.1 Å². The third kappa shape index (κ3) is 5.85. The highest BCUT2D eigenvalue weighted by molar-refractivity contribution is 9.10. The molecule has 0 spiro atoms. The van der Waals surface area contributed by atoms with Crippen molar-refractivity contribution >= 4 is 50.8 Å². The van der Waals surface area contributed by atoms with Gasteiger partial charge in [0.25, 0.3) is 5.69 Å². The molecule has 0 atom stereocenters. The van der Waals surface area contributed by atoms with Crippen molar-refractivity contribution in [2.45, 2.75) is 13.8 Å². The minimum Gasteiger partial charge on any atom is -0.490 e. The van der Waals surface area contributed by atoms with Crippen LogP contribution in [0.3, 0.4) is 0 Å². The molecule has 9 nitrogen and oxygen atoms in total. The van der Waals surface area contributed by atoms with Gasteiger partial charge in [0.05, 0.1) is 32.7 Å². The van der Waals surface area contributed by atoms with Gasteiger partial charge in [-0.3, -0.25) is 25.2 Å². The summed E-state index contributed by atoms with van der Waals surface area (Å²) in [5.41, 5.74) is 1.38. The SMILES string of the molecule is CCOc1cc(C=Nc2cc(Cl)ccc2C)cc(Br)c1Oc1ccc([N+](=O)[O-])cc1[N+](=O)[O-]. The fourth-order valence-electron chi connectivity index (χ4n) is 2.85. The summed E-state index contributed by atoms with van der Waals surface area (Å²) in [6, 6.07) is 11.9. The van der Waals surface area contributed by atoms with Crippen LogP contribution in [0.2, 0.25) is 5.02 Å². The number of benzene rings is 3. The van der Waals surface area contributed by atoms with Crippen LogP contribution in [0.25, 0.3) is 0 Å². The van der Waals surface area contributed by atoms with Crippen LogP contribution in [0.15, 0.2) is 58.0 Å². The van der Waals surface area contributed by atoms with Crippen LogP contribution in [0.1, 0.15) is 18.1 Å². The Morgan fingerprint density at radius 2 is 1.82 bits per heavy atom. The Hall–Kier alpha value is -3.50. The minimum atomic E-state index is -0.745. The summed E-state index contributed by atoms with van der Waals surface area (Å²) in [5, 5.41) is 23.0. The molecule has 0 saturated carbocycles. The first-order chi connectivity index (χ1) is 15.7. The van der Waals surface area contributed by atoms with Gasteiger partial charge in [0, 0.05) is 17.3 Å². The molecule has 170 valence electrons. The smallest absolute Gasteiger partial charge is 0.318 e. The summed E-state index contributed by atoms with van der Waals surface area (Å²) >= 11 is 9.46. The fourth-order valence-corrected chi connectivity index (χ4v) is 3.56. The predicted molar refractivity (Wildman–Crippen MR) is 129 cm³/mol. The molecule has 3 aromatic carbocycles. The first kappa shape index (κ1) is 24.1. The average molecular weight is 535 g/mol. The Labute approximate surface area is 202 Å². The molecule has 0 saturated heterocycles. The van der Waals surface area contributed by atoms with E-state index < -0.39 is 21.2 Å². The topological polar surface area (TPSA) is 117 Å². The number of nitrogens with zero attached hydrogens (tertiary/aromatic N) is 3. The first-order valence-corrected chi connectivity index (χ1v) is 10.7. The Morgan fingerprint density at radius 1 is 1.06 bits per heavy atom. The van der Waals surface area contributed by atoms with Crippen molar-refractivity contribution in [2.24, 2.45) is 4.99 Å². The standard InChI is InChI=1S/C22H17BrClN3O6/c1-3-32-21-9-14(12-25-18-10-15(24)5-4-13(18)2)8-17(23)22(21)33-20-7-6-16(26(28)29)11-19(20)27(30)31/h4-12H,3H2,1-2H3. The molecule has 0 aliphatic heterocycles. The fraction of sp³-hybridized carbons (Fsp3) is 0.136. The normalized spacial score (nSPS) is 10.9. The molecule has 0 fully saturated rings. The number of nitro groups is 2. The van der Waals surface area contributed by atoms with Gasteiger partial charge in [-0.15, -0.1) is 0 Å². The van der Waals surface area contributed by atoms with Crippen LogP contribution in [0, 0.1) is 27.2 Å². The molecular formula is C22H17BrClN3O6.